The van der Waals surface area contributed by atoms with Crippen LogP contribution in [0.3, 0.4) is 0 Å². The highest BCUT2D eigenvalue weighted by molar-refractivity contribution is 5.70. The van der Waals surface area contributed by atoms with Crippen LogP contribution in [0.5, 0.6) is 0 Å². The van der Waals surface area contributed by atoms with Gasteiger partial charge in [-0.3, -0.25) is 4.79 Å². The largest absolute Gasteiger partial charge is 0.481 e. The molecule has 1 aliphatic heterocycles. The van der Waals surface area contributed by atoms with E-state index < -0.39 is 5.97 Å². The molecule has 2 rings (SSSR count). The Balaban J connectivity index is 2.18. The maximum Gasteiger partial charge on any atom is 0.306 e. The van der Waals surface area contributed by atoms with Crippen LogP contribution in [0.15, 0.2) is 12.3 Å². The number of nitriles is 1. The first-order chi connectivity index (χ1) is 8.63. The molecule has 5 heteroatoms. The van der Waals surface area contributed by atoms with Gasteiger partial charge in [0.2, 0.25) is 0 Å². The molecule has 0 aliphatic carbocycles. The minimum Gasteiger partial charge on any atom is -0.481 e. The second kappa shape index (κ2) is 5.05. The number of carbonyl (C=O) groups is 1. The highest BCUT2D eigenvalue weighted by atomic mass is 16.4. The molecular formula is C13H15N3O2. The Morgan fingerprint density at radius 1 is 1.56 bits per heavy atom. The zero-order valence-electron chi connectivity index (χ0n) is 10.3. The summed E-state index contributed by atoms with van der Waals surface area (Å²) in [4.78, 5) is 17.2. The maximum absolute atomic E-state index is 10.9. The second-order valence-corrected chi connectivity index (χ2v) is 4.54. The number of hydrogen-bond donors (Lipinski definition) is 1. The lowest BCUT2D eigenvalue weighted by atomic mass is 9.96. The SMILES string of the molecule is Cc1ccnc(N2CCC(C(=O)O)CC2)c1C#N. The molecule has 18 heavy (non-hydrogen) atoms. The average Bonchev–Trinajstić information content (AvgIpc) is 2.38. The maximum atomic E-state index is 10.9. The van der Waals surface area contributed by atoms with Crippen LogP contribution in [0.1, 0.15) is 24.0 Å². The highest BCUT2D eigenvalue weighted by Crippen LogP contribution is 2.25. The van der Waals surface area contributed by atoms with Gasteiger partial charge in [-0.15, -0.1) is 0 Å². The lowest BCUT2D eigenvalue weighted by Crippen LogP contribution is -2.37. The van der Waals surface area contributed by atoms with Gasteiger partial charge in [-0.05, 0) is 31.4 Å². The zero-order chi connectivity index (χ0) is 13.1. The van der Waals surface area contributed by atoms with Crippen molar-refractivity contribution < 1.29 is 9.90 Å². The molecule has 1 aromatic heterocycles. The van der Waals surface area contributed by atoms with E-state index in [2.05, 4.69) is 11.1 Å². The van der Waals surface area contributed by atoms with Crippen molar-refractivity contribution in [3.63, 3.8) is 0 Å². The molecule has 0 unspecified atom stereocenters. The Bertz CT molecular complexity index is 499. The van der Waals surface area contributed by atoms with Gasteiger partial charge in [-0.2, -0.15) is 5.26 Å². The first kappa shape index (κ1) is 12.4. The van der Waals surface area contributed by atoms with Crippen LogP contribution < -0.4 is 4.90 Å². The van der Waals surface area contributed by atoms with Gasteiger partial charge in [0.05, 0.1) is 11.5 Å². The fraction of sp³-hybridized carbons (Fsp3) is 0.462. The predicted molar refractivity (Wildman–Crippen MR) is 66.3 cm³/mol. The Morgan fingerprint density at radius 3 is 2.78 bits per heavy atom. The van der Waals surface area contributed by atoms with E-state index in [1.807, 2.05) is 17.9 Å². The van der Waals surface area contributed by atoms with Crippen LogP contribution in [0.25, 0.3) is 0 Å². The lowest BCUT2D eigenvalue weighted by molar-refractivity contribution is -0.142. The molecule has 0 saturated carbocycles. The number of rotatable bonds is 2. The summed E-state index contributed by atoms with van der Waals surface area (Å²) < 4.78 is 0. The number of aryl methyl sites for hydroxylation is 1. The normalized spacial score (nSPS) is 16.3. The fourth-order valence-corrected chi connectivity index (χ4v) is 2.26. The molecule has 1 aliphatic rings. The van der Waals surface area contributed by atoms with Crippen LogP contribution in [0.2, 0.25) is 0 Å². The smallest absolute Gasteiger partial charge is 0.306 e. The first-order valence-electron chi connectivity index (χ1n) is 5.97. The molecule has 0 amide bonds. The van der Waals surface area contributed by atoms with Gasteiger partial charge in [0, 0.05) is 19.3 Å². The Morgan fingerprint density at radius 2 is 2.22 bits per heavy atom. The van der Waals surface area contributed by atoms with Gasteiger partial charge < -0.3 is 10.0 Å². The lowest BCUT2D eigenvalue weighted by Gasteiger charge is -2.31. The summed E-state index contributed by atoms with van der Waals surface area (Å²) in [6.07, 6.45) is 2.90. The van der Waals surface area contributed by atoms with Crippen LogP contribution in [-0.4, -0.2) is 29.1 Å². The van der Waals surface area contributed by atoms with E-state index in [4.69, 9.17) is 10.4 Å². The van der Waals surface area contributed by atoms with Crippen LogP contribution in [-0.2, 0) is 4.79 Å². The minimum atomic E-state index is -0.729. The van der Waals surface area contributed by atoms with Crippen molar-refractivity contribution >= 4 is 11.8 Å². The van der Waals surface area contributed by atoms with Gasteiger partial charge in [0.25, 0.3) is 0 Å². The van der Waals surface area contributed by atoms with E-state index in [1.165, 1.54) is 0 Å². The van der Waals surface area contributed by atoms with Crippen molar-refractivity contribution in [2.45, 2.75) is 19.8 Å². The van der Waals surface area contributed by atoms with Crippen molar-refractivity contribution in [1.29, 1.82) is 5.26 Å². The topological polar surface area (TPSA) is 77.2 Å². The van der Waals surface area contributed by atoms with Gasteiger partial charge in [-0.1, -0.05) is 0 Å². The molecule has 0 bridgehead atoms. The summed E-state index contributed by atoms with van der Waals surface area (Å²) in [6.45, 7) is 3.16. The number of hydrogen-bond acceptors (Lipinski definition) is 4. The standard InChI is InChI=1S/C13H15N3O2/c1-9-2-5-15-12(11(9)8-14)16-6-3-10(4-7-16)13(17)18/h2,5,10H,3-4,6-7H2,1H3,(H,17,18). The molecule has 5 nitrogen and oxygen atoms in total. The second-order valence-electron chi connectivity index (χ2n) is 4.54. The third-order valence-corrected chi connectivity index (χ3v) is 3.39. The van der Waals surface area contributed by atoms with Crippen molar-refractivity contribution in [3.05, 3.63) is 23.4 Å². The summed E-state index contributed by atoms with van der Waals surface area (Å²) in [5.41, 5.74) is 1.49. The number of nitrogens with zero attached hydrogens (tertiary/aromatic N) is 3. The van der Waals surface area contributed by atoms with E-state index in [0.717, 1.165) is 5.56 Å². The molecular weight excluding hydrogens is 230 g/mol. The number of pyridine rings is 1. The number of carboxylic acid groups (broad SMARTS) is 1. The predicted octanol–water partition coefficient (Wildman–Crippen LogP) is 1.56. The molecule has 94 valence electrons. The van der Waals surface area contributed by atoms with Crippen molar-refractivity contribution in [2.24, 2.45) is 5.92 Å². The molecule has 0 spiro atoms. The van der Waals surface area contributed by atoms with Gasteiger partial charge in [-0.25, -0.2) is 4.98 Å². The number of carboxylic acids is 1. The third-order valence-electron chi connectivity index (χ3n) is 3.39. The van der Waals surface area contributed by atoms with Crippen LogP contribution >= 0.6 is 0 Å². The Hall–Kier alpha value is -2.09. The van der Waals surface area contributed by atoms with E-state index >= 15 is 0 Å². The van der Waals surface area contributed by atoms with Crippen molar-refractivity contribution in [2.75, 3.05) is 18.0 Å². The molecule has 0 radical (unpaired) electrons. The third kappa shape index (κ3) is 2.28. The minimum absolute atomic E-state index is 0.267. The number of aromatic nitrogens is 1. The zero-order valence-corrected chi connectivity index (χ0v) is 10.3. The van der Waals surface area contributed by atoms with Crippen molar-refractivity contribution in [1.82, 2.24) is 4.98 Å². The summed E-state index contributed by atoms with van der Waals surface area (Å²) in [5.74, 6) is -0.315. The quantitative estimate of drug-likeness (QED) is 0.855. The summed E-state index contributed by atoms with van der Waals surface area (Å²) in [5, 5.41) is 18.1. The average molecular weight is 245 g/mol. The molecule has 1 saturated heterocycles. The van der Waals surface area contributed by atoms with Crippen LogP contribution in [0.4, 0.5) is 5.82 Å². The monoisotopic (exact) mass is 245 g/mol. The van der Waals surface area contributed by atoms with Crippen LogP contribution in [0, 0.1) is 24.2 Å². The Kier molecular flexibility index (Phi) is 3.47. The fourth-order valence-electron chi connectivity index (χ4n) is 2.26. The van der Waals surface area contributed by atoms with Gasteiger partial charge >= 0.3 is 5.97 Å². The molecule has 1 N–H and O–H groups in total. The van der Waals surface area contributed by atoms with E-state index in [0.29, 0.717) is 37.3 Å². The number of piperidine rings is 1. The number of anilines is 1. The Labute approximate surface area is 106 Å². The summed E-state index contributed by atoms with van der Waals surface area (Å²) in [6, 6.07) is 3.99. The molecule has 0 aromatic carbocycles. The van der Waals surface area contributed by atoms with E-state index in [1.54, 1.807) is 6.20 Å². The molecule has 1 aromatic rings. The van der Waals surface area contributed by atoms with E-state index in [-0.39, 0.29) is 5.92 Å². The van der Waals surface area contributed by atoms with Crippen molar-refractivity contribution in [3.8, 4) is 6.07 Å². The molecule has 2 heterocycles. The number of aliphatic carboxylic acids is 1. The molecule has 0 atom stereocenters. The van der Waals surface area contributed by atoms with Gasteiger partial charge in [0.15, 0.2) is 0 Å². The summed E-state index contributed by atoms with van der Waals surface area (Å²) >= 11 is 0. The molecule has 1 fully saturated rings. The first-order valence-corrected chi connectivity index (χ1v) is 5.97. The highest BCUT2D eigenvalue weighted by Gasteiger charge is 2.26. The van der Waals surface area contributed by atoms with Gasteiger partial charge in [0.1, 0.15) is 11.9 Å². The summed E-state index contributed by atoms with van der Waals surface area (Å²) in [7, 11) is 0. The van der Waals surface area contributed by atoms with E-state index in [9.17, 15) is 4.79 Å².